The molecule has 1 N–H and O–H groups in total. The van der Waals surface area contributed by atoms with Gasteiger partial charge in [-0.15, -0.1) is 0 Å². The summed E-state index contributed by atoms with van der Waals surface area (Å²) in [7, 11) is 0. The third-order valence-electron chi connectivity index (χ3n) is 6.04. The average molecular weight is 474 g/mol. The van der Waals surface area contributed by atoms with Crippen LogP contribution >= 0.6 is 0 Å². The number of carbonyl (C=O) groups is 2. The maximum atomic E-state index is 12.4. The van der Waals surface area contributed by atoms with Gasteiger partial charge in [-0.05, 0) is 86.6 Å². The number of rotatable bonds is 5. The van der Waals surface area contributed by atoms with Crippen molar-refractivity contribution >= 4 is 12.1 Å². The Kier molecular flexibility index (Phi) is 7.10. The van der Waals surface area contributed by atoms with Gasteiger partial charge in [-0.3, -0.25) is 0 Å². The van der Waals surface area contributed by atoms with E-state index in [0.29, 0.717) is 24.4 Å². The van der Waals surface area contributed by atoms with Crippen molar-refractivity contribution in [1.29, 1.82) is 0 Å². The molecule has 0 spiro atoms. The zero-order chi connectivity index (χ0) is 25.0. The molecule has 1 fully saturated rings. The fraction of sp³-hybridized carbons (Fsp3) is 0.310. The molecular formula is C29H31NO5. The molecule has 0 unspecified atom stereocenters. The van der Waals surface area contributed by atoms with Crippen molar-refractivity contribution in [3.8, 4) is 22.6 Å². The van der Waals surface area contributed by atoms with Crippen LogP contribution in [0.15, 0.2) is 72.8 Å². The summed E-state index contributed by atoms with van der Waals surface area (Å²) in [4.78, 5) is 26.1. The molecule has 0 atom stereocenters. The molecule has 35 heavy (non-hydrogen) atoms. The zero-order valence-electron chi connectivity index (χ0n) is 20.4. The first-order valence-corrected chi connectivity index (χ1v) is 11.9. The third kappa shape index (κ3) is 6.21. The molecule has 0 saturated carbocycles. The van der Waals surface area contributed by atoms with Gasteiger partial charge in [-0.25, -0.2) is 9.59 Å². The quantitative estimate of drug-likeness (QED) is 0.433. The summed E-state index contributed by atoms with van der Waals surface area (Å²) >= 11 is 0. The van der Waals surface area contributed by atoms with Crippen molar-refractivity contribution in [3.63, 3.8) is 0 Å². The highest BCUT2D eigenvalue weighted by Gasteiger charge is 2.28. The number of hydrogen-bond donors (Lipinski definition) is 1. The Hall–Kier alpha value is -3.80. The smallest absolute Gasteiger partial charge is 0.410 e. The molecule has 0 aliphatic carbocycles. The number of nitrogens with zero attached hydrogens (tertiary/aromatic N) is 1. The number of carboxylic acids is 1. The lowest BCUT2D eigenvalue weighted by atomic mass is 9.86. The standard InChI is InChI=1S/C29H31NO5/c1-29(2,3)35-28(33)30-17-15-20(16-18-30)22-11-14-25(27(31)32)26(19-22)21-9-12-24(13-10-21)34-23-7-5-4-6-8-23/h4-14,19-20H,15-18H2,1-3H3,(H,31,32). The van der Waals surface area contributed by atoms with Crippen molar-refractivity contribution in [3.05, 3.63) is 83.9 Å². The van der Waals surface area contributed by atoms with Gasteiger partial charge in [-0.2, -0.15) is 0 Å². The second-order valence-electron chi connectivity index (χ2n) is 9.79. The Morgan fingerprint density at radius 3 is 2.11 bits per heavy atom. The Morgan fingerprint density at radius 2 is 1.51 bits per heavy atom. The van der Waals surface area contributed by atoms with E-state index in [4.69, 9.17) is 9.47 Å². The van der Waals surface area contributed by atoms with Crippen LogP contribution in [-0.2, 0) is 4.74 Å². The maximum Gasteiger partial charge on any atom is 0.410 e. The number of piperidine rings is 1. The van der Waals surface area contributed by atoms with E-state index >= 15 is 0 Å². The van der Waals surface area contributed by atoms with Gasteiger partial charge >= 0.3 is 12.1 Å². The van der Waals surface area contributed by atoms with Gasteiger partial charge in [0.25, 0.3) is 0 Å². The predicted molar refractivity (Wildman–Crippen MR) is 135 cm³/mol. The van der Waals surface area contributed by atoms with E-state index in [-0.39, 0.29) is 17.6 Å². The van der Waals surface area contributed by atoms with E-state index in [2.05, 4.69) is 0 Å². The second-order valence-corrected chi connectivity index (χ2v) is 9.79. The maximum absolute atomic E-state index is 12.4. The summed E-state index contributed by atoms with van der Waals surface area (Å²) < 4.78 is 11.4. The van der Waals surface area contributed by atoms with Crippen LogP contribution in [-0.4, -0.2) is 40.8 Å². The number of carboxylic acid groups (broad SMARTS) is 1. The summed E-state index contributed by atoms with van der Waals surface area (Å²) in [5.41, 5.74) is 2.32. The summed E-state index contributed by atoms with van der Waals surface area (Å²) in [5, 5.41) is 9.78. The van der Waals surface area contributed by atoms with Crippen LogP contribution in [0.3, 0.4) is 0 Å². The lowest BCUT2D eigenvalue weighted by Crippen LogP contribution is -2.41. The Balaban J connectivity index is 1.51. The highest BCUT2D eigenvalue weighted by molar-refractivity contribution is 5.96. The number of aromatic carboxylic acids is 1. The van der Waals surface area contributed by atoms with E-state index in [1.165, 1.54) is 0 Å². The molecule has 1 heterocycles. The molecule has 0 bridgehead atoms. The van der Waals surface area contributed by atoms with Crippen molar-refractivity contribution < 1.29 is 24.2 Å². The number of hydrogen-bond acceptors (Lipinski definition) is 4. The molecule has 1 aliphatic rings. The molecule has 1 amide bonds. The Morgan fingerprint density at radius 1 is 0.886 bits per heavy atom. The number of para-hydroxylation sites is 1. The number of benzene rings is 3. The number of carbonyl (C=O) groups excluding carboxylic acids is 1. The van der Waals surface area contributed by atoms with Gasteiger partial charge in [0.15, 0.2) is 0 Å². The molecule has 0 aromatic heterocycles. The highest BCUT2D eigenvalue weighted by Crippen LogP contribution is 2.34. The first-order chi connectivity index (χ1) is 16.7. The van der Waals surface area contributed by atoms with E-state index in [1.54, 1.807) is 11.0 Å². The zero-order valence-corrected chi connectivity index (χ0v) is 20.4. The summed E-state index contributed by atoms with van der Waals surface area (Å²) in [6.07, 6.45) is 1.32. The number of ether oxygens (including phenoxy) is 2. The van der Waals surface area contributed by atoms with Gasteiger partial charge < -0.3 is 19.5 Å². The molecule has 1 aliphatic heterocycles. The normalized spacial score (nSPS) is 14.4. The number of amides is 1. The largest absolute Gasteiger partial charge is 0.478 e. The van der Waals surface area contributed by atoms with Crippen LogP contribution in [0.5, 0.6) is 11.5 Å². The summed E-state index contributed by atoms with van der Waals surface area (Å²) in [6, 6.07) is 22.5. The number of likely N-dealkylation sites (tertiary alicyclic amines) is 1. The van der Waals surface area contributed by atoms with Gasteiger partial charge in [0.2, 0.25) is 0 Å². The van der Waals surface area contributed by atoms with Crippen LogP contribution in [0.1, 0.15) is 55.5 Å². The van der Waals surface area contributed by atoms with Crippen LogP contribution < -0.4 is 4.74 Å². The van der Waals surface area contributed by atoms with Crippen LogP contribution in [0.25, 0.3) is 11.1 Å². The average Bonchev–Trinajstić information content (AvgIpc) is 2.84. The lowest BCUT2D eigenvalue weighted by molar-refractivity contribution is 0.0204. The Bertz CT molecular complexity index is 1170. The van der Waals surface area contributed by atoms with E-state index in [9.17, 15) is 14.7 Å². The molecule has 3 aromatic carbocycles. The van der Waals surface area contributed by atoms with Crippen LogP contribution in [0, 0.1) is 0 Å². The van der Waals surface area contributed by atoms with Crippen molar-refractivity contribution in [2.24, 2.45) is 0 Å². The van der Waals surface area contributed by atoms with Gasteiger partial charge in [0.05, 0.1) is 5.56 Å². The van der Waals surface area contributed by atoms with E-state index in [0.717, 1.165) is 29.7 Å². The SMILES string of the molecule is CC(C)(C)OC(=O)N1CCC(c2ccc(C(=O)O)c(-c3ccc(Oc4ccccc4)cc3)c2)CC1. The van der Waals surface area contributed by atoms with Gasteiger partial charge in [-0.1, -0.05) is 42.5 Å². The topological polar surface area (TPSA) is 76.1 Å². The van der Waals surface area contributed by atoms with E-state index in [1.807, 2.05) is 87.5 Å². The Labute approximate surface area is 206 Å². The lowest BCUT2D eigenvalue weighted by Gasteiger charge is -2.33. The van der Waals surface area contributed by atoms with E-state index < -0.39 is 11.6 Å². The first-order valence-electron chi connectivity index (χ1n) is 11.9. The summed E-state index contributed by atoms with van der Waals surface area (Å²) in [6.45, 7) is 6.82. The molecular weight excluding hydrogens is 442 g/mol. The van der Waals surface area contributed by atoms with Crippen LogP contribution in [0.4, 0.5) is 4.79 Å². The third-order valence-corrected chi connectivity index (χ3v) is 6.04. The van der Waals surface area contributed by atoms with Crippen molar-refractivity contribution in [2.45, 2.75) is 45.1 Å². The predicted octanol–water partition coefficient (Wildman–Crippen LogP) is 6.96. The fourth-order valence-corrected chi connectivity index (χ4v) is 4.29. The monoisotopic (exact) mass is 473 g/mol. The highest BCUT2D eigenvalue weighted by atomic mass is 16.6. The minimum absolute atomic E-state index is 0.246. The molecule has 6 nitrogen and oxygen atoms in total. The van der Waals surface area contributed by atoms with Crippen molar-refractivity contribution in [2.75, 3.05) is 13.1 Å². The fourth-order valence-electron chi connectivity index (χ4n) is 4.29. The van der Waals surface area contributed by atoms with Crippen molar-refractivity contribution in [1.82, 2.24) is 4.90 Å². The molecule has 1 saturated heterocycles. The second kappa shape index (κ2) is 10.2. The first kappa shape index (κ1) is 24.3. The summed E-state index contributed by atoms with van der Waals surface area (Å²) in [5.74, 6) is 0.709. The minimum atomic E-state index is -0.962. The molecule has 182 valence electrons. The molecule has 3 aromatic rings. The molecule has 6 heteroatoms. The molecule has 4 rings (SSSR count). The molecule has 0 radical (unpaired) electrons. The minimum Gasteiger partial charge on any atom is -0.478 e. The van der Waals surface area contributed by atoms with Gasteiger partial charge in [0.1, 0.15) is 17.1 Å². The van der Waals surface area contributed by atoms with Crippen LogP contribution in [0.2, 0.25) is 0 Å². The van der Waals surface area contributed by atoms with Gasteiger partial charge in [0, 0.05) is 13.1 Å².